The van der Waals surface area contributed by atoms with Crippen molar-refractivity contribution in [2.45, 2.75) is 13.3 Å². The first-order chi connectivity index (χ1) is 8.74. The number of hydrogen-bond acceptors (Lipinski definition) is 3. The van der Waals surface area contributed by atoms with Crippen LogP contribution < -0.4 is 5.43 Å². The van der Waals surface area contributed by atoms with Gasteiger partial charge < -0.3 is 0 Å². The van der Waals surface area contributed by atoms with Crippen molar-refractivity contribution >= 4 is 23.5 Å². The first-order valence-corrected chi connectivity index (χ1v) is 6.53. The largest absolute Gasteiger partial charge is 0.273 e. The van der Waals surface area contributed by atoms with E-state index in [2.05, 4.69) is 10.5 Å². The summed E-state index contributed by atoms with van der Waals surface area (Å²) in [6.07, 6.45) is 2.03. The quantitative estimate of drug-likeness (QED) is 0.665. The zero-order valence-corrected chi connectivity index (χ0v) is 10.9. The fraction of sp³-hybridized carbons (Fsp3) is 0.143. The summed E-state index contributed by atoms with van der Waals surface area (Å²) < 4.78 is 0. The van der Waals surface area contributed by atoms with Gasteiger partial charge in [-0.1, -0.05) is 35.9 Å². The van der Waals surface area contributed by atoms with Crippen molar-refractivity contribution in [3.8, 4) is 0 Å². The number of rotatable bonds is 4. The van der Waals surface area contributed by atoms with Crippen LogP contribution in [0.1, 0.15) is 16.0 Å². The molecule has 1 heterocycles. The summed E-state index contributed by atoms with van der Waals surface area (Å²) in [4.78, 5) is 12.6. The van der Waals surface area contributed by atoms with Crippen molar-refractivity contribution < 1.29 is 4.79 Å². The zero-order chi connectivity index (χ0) is 12.8. The summed E-state index contributed by atoms with van der Waals surface area (Å²) in [5.74, 6) is -0.0960. The van der Waals surface area contributed by atoms with Crippen LogP contribution in [0, 0.1) is 6.92 Å². The highest BCUT2D eigenvalue weighted by molar-refractivity contribution is 7.10. The van der Waals surface area contributed by atoms with Crippen molar-refractivity contribution in [3.63, 3.8) is 0 Å². The fourth-order valence-corrected chi connectivity index (χ4v) is 2.24. The van der Waals surface area contributed by atoms with E-state index < -0.39 is 0 Å². The lowest BCUT2D eigenvalue weighted by molar-refractivity contribution is -0.120. The molecule has 2 rings (SSSR count). The van der Waals surface area contributed by atoms with Gasteiger partial charge in [-0.25, -0.2) is 5.43 Å². The van der Waals surface area contributed by atoms with Gasteiger partial charge in [-0.15, -0.1) is 11.3 Å². The molecule has 0 fully saturated rings. The molecule has 2 aromatic rings. The Bertz CT molecular complexity index is 547. The minimum atomic E-state index is -0.0960. The van der Waals surface area contributed by atoms with E-state index in [1.807, 2.05) is 48.7 Å². The summed E-state index contributed by atoms with van der Waals surface area (Å²) in [6.45, 7) is 2.02. The molecule has 92 valence electrons. The molecule has 0 atom stereocenters. The van der Waals surface area contributed by atoms with Crippen LogP contribution in [-0.2, 0) is 11.2 Å². The number of hydrazone groups is 1. The topological polar surface area (TPSA) is 41.5 Å². The first kappa shape index (κ1) is 12.5. The van der Waals surface area contributed by atoms with Crippen molar-refractivity contribution in [2.75, 3.05) is 0 Å². The first-order valence-electron chi connectivity index (χ1n) is 5.65. The molecule has 3 nitrogen and oxygen atoms in total. The van der Waals surface area contributed by atoms with Crippen LogP contribution in [0.4, 0.5) is 0 Å². The molecule has 18 heavy (non-hydrogen) atoms. The molecular weight excluding hydrogens is 244 g/mol. The Morgan fingerprint density at radius 3 is 3.00 bits per heavy atom. The number of thiophene rings is 1. The molecule has 1 aromatic carbocycles. The van der Waals surface area contributed by atoms with E-state index in [0.717, 1.165) is 10.4 Å². The van der Waals surface area contributed by atoms with E-state index in [1.54, 1.807) is 17.6 Å². The lowest BCUT2D eigenvalue weighted by Crippen LogP contribution is -2.19. The number of aryl methyl sites for hydroxylation is 1. The SMILES string of the molecule is Cc1cccc(/C=N/NC(=O)Cc2cccs2)c1. The molecule has 1 N–H and O–H groups in total. The molecule has 0 bridgehead atoms. The van der Waals surface area contributed by atoms with E-state index in [4.69, 9.17) is 0 Å². The molecule has 0 unspecified atom stereocenters. The highest BCUT2D eigenvalue weighted by atomic mass is 32.1. The summed E-state index contributed by atoms with van der Waals surface area (Å²) in [5.41, 5.74) is 4.67. The predicted octanol–water partition coefficient (Wildman–Crippen LogP) is 2.75. The van der Waals surface area contributed by atoms with Gasteiger partial charge in [0.05, 0.1) is 12.6 Å². The number of nitrogens with one attached hydrogen (secondary N) is 1. The highest BCUT2D eigenvalue weighted by Gasteiger charge is 2.01. The van der Waals surface area contributed by atoms with Gasteiger partial charge in [0, 0.05) is 4.88 Å². The standard InChI is InChI=1S/C14H14N2OS/c1-11-4-2-5-12(8-11)10-15-16-14(17)9-13-6-3-7-18-13/h2-8,10H,9H2,1H3,(H,16,17)/b15-10+. The minimum Gasteiger partial charge on any atom is -0.273 e. The summed E-state index contributed by atoms with van der Waals surface area (Å²) in [7, 11) is 0. The molecular formula is C14H14N2OS. The second-order valence-electron chi connectivity index (χ2n) is 3.96. The van der Waals surface area contributed by atoms with Gasteiger partial charge in [-0.2, -0.15) is 5.10 Å². The number of nitrogens with zero attached hydrogens (tertiary/aromatic N) is 1. The van der Waals surface area contributed by atoms with Gasteiger partial charge in [-0.05, 0) is 23.9 Å². The fourth-order valence-electron chi connectivity index (χ4n) is 1.54. The minimum absolute atomic E-state index is 0.0960. The van der Waals surface area contributed by atoms with E-state index >= 15 is 0 Å². The van der Waals surface area contributed by atoms with Crippen LogP contribution in [0.2, 0.25) is 0 Å². The lowest BCUT2D eigenvalue weighted by Gasteiger charge is -1.98. The molecule has 1 aromatic heterocycles. The third-order valence-corrected chi connectivity index (χ3v) is 3.24. The van der Waals surface area contributed by atoms with Crippen molar-refractivity contribution in [3.05, 3.63) is 57.8 Å². The molecule has 0 aliphatic carbocycles. The maximum atomic E-state index is 11.5. The van der Waals surface area contributed by atoms with Crippen LogP contribution in [0.3, 0.4) is 0 Å². The van der Waals surface area contributed by atoms with Crippen LogP contribution >= 0.6 is 11.3 Å². The molecule has 4 heteroatoms. The predicted molar refractivity (Wildman–Crippen MR) is 74.9 cm³/mol. The van der Waals surface area contributed by atoms with E-state index in [0.29, 0.717) is 6.42 Å². The van der Waals surface area contributed by atoms with Crippen molar-refractivity contribution in [1.29, 1.82) is 0 Å². The van der Waals surface area contributed by atoms with Gasteiger partial charge in [0.15, 0.2) is 0 Å². The second kappa shape index (κ2) is 6.12. The Hall–Kier alpha value is -1.94. The molecule has 0 spiro atoms. The van der Waals surface area contributed by atoms with E-state index in [-0.39, 0.29) is 5.91 Å². The van der Waals surface area contributed by atoms with Crippen LogP contribution in [0.15, 0.2) is 46.9 Å². The number of benzene rings is 1. The maximum Gasteiger partial charge on any atom is 0.245 e. The Morgan fingerprint density at radius 1 is 1.39 bits per heavy atom. The third-order valence-electron chi connectivity index (χ3n) is 2.36. The zero-order valence-electron chi connectivity index (χ0n) is 10.1. The second-order valence-corrected chi connectivity index (χ2v) is 5.00. The van der Waals surface area contributed by atoms with E-state index in [9.17, 15) is 4.79 Å². The third kappa shape index (κ3) is 3.82. The Morgan fingerprint density at radius 2 is 2.28 bits per heavy atom. The number of carbonyl (C=O) groups excluding carboxylic acids is 1. The van der Waals surface area contributed by atoms with Gasteiger partial charge in [0.2, 0.25) is 5.91 Å². The lowest BCUT2D eigenvalue weighted by atomic mass is 10.2. The molecule has 0 saturated carbocycles. The number of hydrogen-bond donors (Lipinski definition) is 1. The molecule has 0 saturated heterocycles. The summed E-state index contributed by atoms with van der Waals surface area (Å²) in [5, 5.41) is 5.90. The highest BCUT2D eigenvalue weighted by Crippen LogP contribution is 2.08. The van der Waals surface area contributed by atoms with Gasteiger partial charge in [0.25, 0.3) is 0 Å². The Labute approximate surface area is 110 Å². The van der Waals surface area contributed by atoms with Gasteiger partial charge >= 0.3 is 0 Å². The van der Waals surface area contributed by atoms with Crippen LogP contribution in [0.5, 0.6) is 0 Å². The molecule has 0 aliphatic heterocycles. The Kier molecular flexibility index (Phi) is 4.25. The summed E-state index contributed by atoms with van der Waals surface area (Å²) >= 11 is 1.57. The van der Waals surface area contributed by atoms with Gasteiger partial charge in [0.1, 0.15) is 0 Å². The number of amides is 1. The van der Waals surface area contributed by atoms with E-state index in [1.165, 1.54) is 5.56 Å². The Balaban J connectivity index is 1.86. The van der Waals surface area contributed by atoms with Gasteiger partial charge in [-0.3, -0.25) is 4.79 Å². The average molecular weight is 258 g/mol. The van der Waals surface area contributed by atoms with Crippen LogP contribution in [-0.4, -0.2) is 12.1 Å². The average Bonchev–Trinajstić information content (AvgIpc) is 2.82. The normalized spacial score (nSPS) is 10.7. The molecule has 0 aliphatic rings. The van der Waals surface area contributed by atoms with Crippen molar-refractivity contribution in [1.82, 2.24) is 5.43 Å². The monoisotopic (exact) mass is 258 g/mol. The van der Waals surface area contributed by atoms with Crippen molar-refractivity contribution in [2.24, 2.45) is 5.10 Å². The summed E-state index contributed by atoms with van der Waals surface area (Å²) in [6, 6.07) is 11.8. The maximum absolute atomic E-state index is 11.5. The molecule has 0 radical (unpaired) electrons. The molecule has 1 amide bonds. The van der Waals surface area contributed by atoms with Crippen LogP contribution in [0.25, 0.3) is 0 Å². The number of carbonyl (C=O) groups is 1. The smallest absolute Gasteiger partial charge is 0.245 e.